The Labute approximate surface area is 74.0 Å². The van der Waals surface area contributed by atoms with Crippen molar-refractivity contribution in [2.45, 2.75) is 31.6 Å². The lowest BCUT2D eigenvalue weighted by atomic mass is 10.0. The smallest absolute Gasteiger partial charge is 0.00720 e. The van der Waals surface area contributed by atoms with Crippen molar-refractivity contribution < 1.29 is 0 Å². The highest BCUT2D eigenvalue weighted by Crippen LogP contribution is 2.20. The van der Waals surface area contributed by atoms with Crippen LogP contribution in [0.4, 0.5) is 0 Å². The van der Waals surface area contributed by atoms with Crippen LogP contribution in [0.3, 0.4) is 0 Å². The fourth-order valence-electron chi connectivity index (χ4n) is 0.986. The van der Waals surface area contributed by atoms with Gasteiger partial charge in [-0.05, 0) is 30.0 Å². The molecular formula is C10H14S. The number of rotatable bonds is 1. The summed E-state index contributed by atoms with van der Waals surface area (Å²) in [5, 5.41) is 0. The van der Waals surface area contributed by atoms with Crippen molar-refractivity contribution >= 4 is 12.6 Å². The molecule has 1 aromatic rings. The van der Waals surface area contributed by atoms with Crippen LogP contribution in [-0.4, -0.2) is 0 Å². The largest absolute Gasteiger partial charge is 0.143 e. The van der Waals surface area contributed by atoms with Crippen molar-refractivity contribution in [2.24, 2.45) is 0 Å². The van der Waals surface area contributed by atoms with Crippen molar-refractivity contribution in [3.63, 3.8) is 0 Å². The number of hydrogen-bond donors (Lipinski definition) is 1. The molecule has 0 amide bonds. The van der Waals surface area contributed by atoms with Gasteiger partial charge in [0.25, 0.3) is 0 Å². The molecule has 0 spiro atoms. The van der Waals surface area contributed by atoms with E-state index in [0.717, 1.165) is 4.90 Å². The minimum atomic E-state index is 0.599. The van der Waals surface area contributed by atoms with Crippen LogP contribution in [0.15, 0.2) is 23.1 Å². The van der Waals surface area contributed by atoms with E-state index in [9.17, 15) is 0 Å². The van der Waals surface area contributed by atoms with Gasteiger partial charge in [-0.2, -0.15) is 0 Å². The topological polar surface area (TPSA) is 0 Å². The highest BCUT2D eigenvalue weighted by molar-refractivity contribution is 7.80. The maximum atomic E-state index is 4.36. The summed E-state index contributed by atoms with van der Waals surface area (Å²) in [6.07, 6.45) is 0. The van der Waals surface area contributed by atoms with Gasteiger partial charge >= 0.3 is 0 Å². The Morgan fingerprint density at radius 1 is 1.27 bits per heavy atom. The van der Waals surface area contributed by atoms with Crippen molar-refractivity contribution in [3.05, 3.63) is 29.3 Å². The summed E-state index contributed by atoms with van der Waals surface area (Å²) in [4.78, 5) is 1.09. The zero-order valence-corrected chi connectivity index (χ0v) is 8.15. The summed E-state index contributed by atoms with van der Waals surface area (Å²) in [6.45, 7) is 6.46. The van der Waals surface area contributed by atoms with Crippen molar-refractivity contribution in [3.8, 4) is 0 Å². The summed E-state index contributed by atoms with van der Waals surface area (Å²) < 4.78 is 0. The minimum absolute atomic E-state index is 0.599. The van der Waals surface area contributed by atoms with Crippen LogP contribution in [-0.2, 0) is 0 Å². The molecule has 0 N–H and O–H groups in total. The average molecular weight is 166 g/mol. The molecule has 0 saturated heterocycles. The van der Waals surface area contributed by atoms with E-state index in [0.29, 0.717) is 5.92 Å². The molecule has 0 nitrogen and oxygen atoms in total. The number of hydrogen-bond acceptors (Lipinski definition) is 1. The van der Waals surface area contributed by atoms with Crippen LogP contribution < -0.4 is 0 Å². The van der Waals surface area contributed by atoms with Crippen molar-refractivity contribution in [1.29, 1.82) is 0 Å². The van der Waals surface area contributed by atoms with Gasteiger partial charge in [0.15, 0.2) is 0 Å². The molecule has 1 rings (SSSR count). The molecule has 0 aliphatic rings. The standard InChI is InChI=1S/C10H14S/c1-7(2)9-5-4-8(3)10(11)6-9/h4-7,11H,1-3H3. The fraction of sp³-hybridized carbons (Fsp3) is 0.400. The third kappa shape index (κ3) is 2.00. The Balaban J connectivity index is 3.05. The summed E-state index contributed by atoms with van der Waals surface area (Å²) in [5.74, 6) is 0.599. The van der Waals surface area contributed by atoms with Crippen LogP contribution in [0.25, 0.3) is 0 Å². The first-order valence-corrected chi connectivity index (χ1v) is 4.35. The lowest BCUT2D eigenvalue weighted by Crippen LogP contribution is -1.87. The van der Waals surface area contributed by atoms with E-state index in [1.165, 1.54) is 11.1 Å². The highest BCUT2D eigenvalue weighted by atomic mass is 32.1. The summed E-state index contributed by atoms with van der Waals surface area (Å²) >= 11 is 4.36. The van der Waals surface area contributed by atoms with E-state index in [-0.39, 0.29) is 0 Å². The second-order valence-electron chi connectivity index (χ2n) is 3.20. The Morgan fingerprint density at radius 2 is 1.91 bits per heavy atom. The molecule has 0 aliphatic heterocycles. The van der Waals surface area contributed by atoms with E-state index >= 15 is 0 Å². The van der Waals surface area contributed by atoms with Crippen molar-refractivity contribution in [2.75, 3.05) is 0 Å². The van der Waals surface area contributed by atoms with Gasteiger partial charge in [0.2, 0.25) is 0 Å². The number of thiol groups is 1. The normalized spacial score (nSPS) is 10.6. The predicted molar refractivity (Wildman–Crippen MR) is 52.5 cm³/mol. The van der Waals surface area contributed by atoms with Gasteiger partial charge in [-0.3, -0.25) is 0 Å². The minimum Gasteiger partial charge on any atom is -0.143 e. The molecular weight excluding hydrogens is 152 g/mol. The zero-order chi connectivity index (χ0) is 8.43. The SMILES string of the molecule is Cc1ccc(C(C)C)cc1S. The molecule has 0 aliphatic carbocycles. The summed E-state index contributed by atoms with van der Waals surface area (Å²) in [7, 11) is 0. The molecule has 0 unspecified atom stereocenters. The van der Waals surface area contributed by atoms with Crippen LogP contribution in [0, 0.1) is 6.92 Å². The quantitative estimate of drug-likeness (QED) is 0.607. The highest BCUT2D eigenvalue weighted by Gasteiger charge is 1.99. The Hall–Kier alpha value is -0.430. The molecule has 0 fully saturated rings. The Morgan fingerprint density at radius 3 is 2.36 bits per heavy atom. The van der Waals surface area contributed by atoms with Gasteiger partial charge in [0, 0.05) is 4.90 Å². The zero-order valence-electron chi connectivity index (χ0n) is 7.26. The van der Waals surface area contributed by atoms with Gasteiger partial charge in [-0.15, -0.1) is 12.6 Å². The average Bonchev–Trinajstić information content (AvgIpc) is 1.94. The van der Waals surface area contributed by atoms with E-state index in [4.69, 9.17) is 0 Å². The van der Waals surface area contributed by atoms with Crippen LogP contribution in [0.1, 0.15) is 30.9 Å². The molecule has 1 aromatic carbocycles. The maximum Gasteiger partial charge on any atom is 0.00720 e. The molecule has 0 bridgehead atoms. The van der Waals surface area contributed by atoms with Gasteiger partial charge in [-0.25, -0.2) is 0 Å². The van der Waals surface area contributed by atoms with E-state index in [2.05, 4.69) is 51.6 Å². The second kappa shape index (κ2) is 3.31. The number of benzene rings is 1. The molecule has 0 saturated carbocycles. The van der Waals surface area contributed by atoms with Gasteiger partial charge in [0.1, 0.15) is 0 Å². The predicted octanol–water partition coefficient (Wildman–Crippen LogP) is 3.41. The second-order valence-corrected chi connectivity index (χ2v) is 3.68. The molecule has 0 atom stereocenters. The monoisotopic (exact) mass is 166 g/mol. The van der Waals surface area contributed by atoms with Crippen LogP contribution in [0.5, 0.6) is 0 Å². The first kappa shape index (κ1) is 8.66. The van der Waals surface area contributed by atoms with E-state index in [1.54, 1.807) is 0 Å². The van der Waals surface area contributed by atoms with E-state index < -0.39 is 0 Å². The third-order valence-corrected chi connectivity index (χ3v) is 2.38. The molecule has 11 heavy (non-hydrogen) atoms. The van der Waals surface area contributed by atoms with Crippen LogP contribution >= 0.6 is 12.6 Å². The Bertz CT molecular complexity index is 251. The van der Waals surface area contributed by atoms with Crippen LogP contribution in [0.2, 0.25) is 0 Å². The maximum absolute atomic E-state index is 4.36. The lowest BCUT2D eigenvalue weighted by Gasteiger charge is -2.06. The Kier molecular flexibility index (Phi) is 2.61. The fourth-order valence-corrected chi connectivity index (χ4v) is 1.21. The van der Waals surface area contributed by atoms with Gasteiger partial charge < -0.3 is 0 Å². The molecule has 0 radical (unpaired) electrons. The summed E-state index contributed by atoms with van der Waals surface area (Å²) in [6, 6.07) is 6.43. The first-order valence-electron chi connectivity index (χ1n) is 3.91. The molecule has 0 heterocycles. The van der Waals surface area contributed by atoms with Gasteiger partial charge in [0.05, 0.1) is 0 Å². The van der Waals surface area contributed by atoms with Crippen molar-refractivity contribution in [1.82, 2.24) is 0 Å². The third-order valence-electron chi connectivity index (χ3n) is 1.90. The number of aryl methyl sites for hydroxylation is 1. The van der Waals surface area contributed by atoms with Gasteiger partial charge in [-0.1, -0.05) is 26.0 Å². The lowest BCUT2D eigenvalue weighted by molar-refractivity contribution is 0.861. The van der Waals surface area contributed by atoms with E-state index in [1.807, 2.05) is 0 Å². The summed E-state index contributed by atoms with van der Waals surface area (Å²) in [5.41, 5.74) is 2.61. The molecule has 0 aromatic heterocycles. The first-order chi connectivity index (χ1) is 5.11. The molecule has 60 valence electrons. The molecule has 1 heteroatoms.